The van der Waals surface area contributed by atoms with Gasteiger partial charge in [-0.25, -0.2) is 0 Å². The van der Waals surface area contributed by atoms with Crippen molar-refractivity contribution >= 4 is 21.8 Å². The molecule has 3 aromatic rings. The Bertz CT molecular complexity index is 891. The summed E-state index contributed by atoms with van der Waals surface area (Å²) in [5, 5.41) is 0. The summed E-state index contributed by atoms with van der Waals surface area (Å²) >= 11 is 3.32. The highest BCUT2D eigenvalue weighted by molar-refractivity contribution is 9.10. The zero-order chi connectivity index (χ0) is 16.2. The molecule has 2 aromatic heterocycles. The van der Waals surface area contributed by atoms with Crippen LogP contribution in [0.1, 0.15) is 21.6 Å². The fraction of sp³-hybridized carbons (Fsp3) is 0.111. The normalized spacial score (nSPS) is 11.7. The molecule has 0 radical (unpaired) electrons. The van der Waals surface area contributed by atoms with E-state index in [1.54, 1.807) is 12.3 Å². The Morgan fingerprint density at radius 3 is 2.70 bits per heavy atom. The quantitative estimate of drug-likeness (QED) is 0.751. The summed E-state index contributed by atoms with van der Waals surface area (Å²) in [6.07, 6.45) is 3.64. The maximum absolute atomic E-state index is 12.2. The molecule has 23 heavy (non-hydrogen) atoms. The average Bonchev–Trinajstić information content (AvgIpc) is 2.98. The molecule has 0 fully saturated rings. The highest BCUT2D eigenvalue weighted by atomic mass is 79.9. The first kappa shape index (κ1) is 15.5. The molecule has 4 nitrogen and oxygen atoms in total. The summed E-state index contributed by atoms with van der Waals surface area (Å²) in [5.41, 5.74) is 3.48. The molecule has 116 valence electrons. The zero-order valence-corrected chi connectivity index (χ0v) is 14.2. The predicted octanol–water partition coefficient (Wildman–Crippen LogP) is 3.68. The Kier molecular flexibility index (Phi) is 4.57. The van der Waals surface area contributed by atoms with E-state index in [9.17, 15) is 4.79 Å². The van der Waals surface area contributed by atoms with Crippen LogP contribution in [0.15, 0.2) is 70.4 Å². The SMILES string of the molecule is Cc1ccc(Cn2ccccc2=NC(=O)c2cc(Br)c[nH]2)cc1. The van der Waals surface area contributed by atoms with E-state index in [-0.39, 0.29) is 5.91 Å². The molecule has 3 rings (SSSR count). The number of benzene rings is 1. The molecule has 1 N–H and O–H groups in total. The van der Waals surface area contributed by atoms with Crippen LogP contribution in [-0.2, 0) is 6.54 Å². The van der Waals surface area contributed by atoms with Crippen LogP contribution in [0.25, 0.3) is 0 Å². The van der Waals surface area contributed by atoms with Gasteiger partial charge in [0.05, 0.1) is 0 Å². The summed E-state index contributed by atoms with van der Waals surface area (Å²) in [6, 6.07) is 15.7. The summed E-state index contributed by atoms with van der Waals surface area (Å²) < 4.78 is 2.79. The number of amides is 1. The molecule has 0 aliphatic rings. The van der Waals surface area contributed by atoms with Crippen molar-refractivity contribution in [2.45, 2.75) is 13.5 Å². The van der Waals surface area contributed by atoms with Crippen molar-refractivity contribution < 1.29 is 4.79 Å². The predicted molar refractivity (Wildman–Crippen MR) is 93.1 cm³/mol. The first-order valence-electron chi connectivity index (χ1n) is 7.26. The molecular weight excluding hydrogens is 354 g/mol. The number of H-pyrrole nitrogens is 1. The third kappa shape index (κ3) is 3.87. The lowest BCUT2D eigenvalue weighted by atomic mass is 10.1. The second-order valence-electron chi connectivity index (χ2n) is 5.32. The topological polar surface area (TPSA) is 50.1 Å². The van der Waals surface area contributed by atoms with Gasteiger partial charge in [0, 0.05) is 23.4 Å². The van der Waals surface area contributed by atoms with Crippen molar-refractivity contribution in [3.05, 3.63) is 87.7 Å². The van der Waals surface area contributed by atoms with Gasteiger partial charge in [0.25, 0.3) is 5.91 Å². The number of nitrogens with zero attached hydrogens (tertiary/aromatic N) is 2. The van der Waals surface area contributed by atoms with Crippen molar-refractivity contribution in [3.63, 3.8) is 0 Å². The third-order valence-electron chi connectivity index (χ3n) is 3.48. The molecule has 0 saturated carbocycles. The van der Waals surface area contributed by atoms with E-state index in [0.717, 1.165) is 4.47 Å². The lowest BCUT2D eigenvalue weighted by Gasteiger charge is -2.07. The van der Waals surface area contributed by atoms with E-state index in [1.165, 1.54) is 11.1 Å². The Morgan fingerprint density at radius 1 is 1.22 bits per heavy atom. The van der Waals surface area contributed by atoms with Crippen molar-refractivity contribution in [1.82, 2.24) is 9.55 Å². The van der Waals surface area contributed by atoms with Crippen LogP contribution in [0.2, 0.25) is 0 Å². The second-order valence-corrected chi connectivity index (χ2v) is 6.24. The molecule has 2 heterocycles. The number of hydrogen-bond acceptors (Lipinski definition) is 1. The van der Waals surface area contributed by atoms with Gasteiger partial charge in [0.1, 0.15) is 11.2 Å². The van der Waals surface area contributed by atoms with Gasteiger partial charge in [-0.1, -0.05) is 35.9 Å². The molecule has 5 heteroatoms. The molecule has 0 aliphatic carbocycles. The van der Waals surface area contributed by atoms with E-state index in [2.05, 4.69) is 57.1 Å². The van der Waals surface area contributed by atoms with Gasteiger partial charge in [0.2, 0.25) is 0 Å². The van der Waals surface area contributed by atoms with E-state index < -0.39 is 0 Å². The minimum atomic E-state index is -0.292. The first-order valence-corrected chi connectivity index (χ1v) is 8.05. The smallest absolute Gasteiger partial charge is 0.295 e. The van der Waals surface area contributed by atoms with E-state index in [0.29, 0.717) is 17.7 Å². The molecular formula is C18H16BrN3O. The Balaban J connectivity index is 1.92. The lowest BCUT2D eigenvalue weighted by molar-refractivity contribution is 0.0993. The van der Waals surface area contributed by atoms with Crippen LogP contribution in [0.5, 0.6) is 0 Å². The average molecular weight is 370 g/mol. The van der Waals surface area contributed by atoms with Crippen molar-refractivity contribution in [2.75, 3.05) is 0 Å². The summed E-state index contributed by atoms with van der Waals surface area (Å²) in [7, 11) is 0. The Hall–Kier alpha value is -2.40. The van der Waals surface area contributed by atoms with E-state index in [4.69, 9.17) is 0 Å². The number of pyridine rings is 1. The molecule has 0 aliphatic heterocycles. The Labute approximate surface area is 142 Å². The van der Waals surface area contributed by atoms with Gasteiger partial charge < -0.3 is 9.55 Å². The zero-order valence-electron chi connectivity index (χ0n) is 12.7. The van der Waals surface area contributed by atoms with Crippen molar-refractivity contribution in [2.24, 2.45) is 4.99 Å². The van der Waals surface area contributed by atoms with Crippen LogP contribution < -0.4 is 5.49 Å². The maximum Gasteiger partial charge on any atom is 0.295 e. The minimum absolute atomic E-state index is 0.292. The molecule has 0 bridgehead atoms. The number of hydrogen-bond donors (Lipinski definition) is 1. The van der Waals surface area contributed by atoms with Gasteiger partial charge in [-0.2, -0.15) is 4.99 Å². The highest BCUT2D eigenvalue weighted by Gasteiger charge is 2.06. The maximum atomic E-state index is 12.2. The van der Waals surface area contributed by atoms with Crippen LogP contribution in [0.3, 0.4) is 0 Å². The second kappa shape index (κ2) is 6.79. The molecule has 1 aromatic carbocycles. The number of aromatic amines is 1. The number of carbonyl (C=O) groups is 1. The number of aromatic nitrogens is 2. The summed E-state index contributed by atoms with van der Waals surface area (Å²) in [5.74, 6) is -0.292. The molecule has 0 unspecified atom stereocenters. The van der Waals surface area contributed by atoms with Crippen molar-refractivity contribution in [1.29, 1.82) is 0 Å². The van der Waals surface area contributed by atoms with E-state index >= 15 is 0 Å². The molecule has 0 saturated heterocycles. The summed E-state index contributed by atoms with van der Waals surface area (Å²) in [6.45, 7) is 2.73. The van der Waals surface area contributed by atoms with Gasteiger partial charge in [-0.3, -0.25) is 4.79 Å². The van der Waals surface area contributed by atoms with Gasteiger partial charge >= 0.3 is 0 Å². The molecule has 1 amide bonds. The number of aryl methyl sites for hydroxylation is 1. The minimum Gasteiger partial charge on any atom is -0.356 e. The monoisotopic (exact) mass is 369 g/mol. The standard InChI is InChI=1S/C18H16BrN3O/c1-13-5-7-14(8-6-13)12-22-9-3-2-4-17(22)21-18(23)16-10-15(19)11-20-16/h2-11,20H,12H2,1H3. The van der Waals surface area contributed by atoms with Crippen LogP contribution in [0, 0.1) is 6.92 Å². The molecule has 0 atom stereocenters. The largest absolute Gasteiger partial charge is 0.356 e. The van der Waals surface area contributed by atoms with Crippen LogP contribution in [-0.4, -0.2) is 15.5 Å². The van der Waals surface area contributed by atoms with Crippen LogP contribution >= 0.6 is 15.9 Å². The third-order valence-corrected chi connectivity index (χ3v) is 3.94. The van der Waals surface area contributed by atoms with E-state index in [1.807, 2.05) is 29.0 Å². The van der Waals surface area contributed by atoms with Crippen LogP contribution in [0.4, 0.5) is 0 Å². The van der Waals surface area contributed by atoms with Gasteiger partial charge in [-0.15, -0.1) is 0 Å². The van der Waals surface area contributed by atoms with Gasteiger partial charge in [-0.05, 0) is 46.6 Å². The fourth-order valence-corrected chi connectivity index (χ4v) is 2.59. The highest BCUT2D eigenvalue weighted by Crippen LogP contribution is 2.11. The fourth-order valence-electron chi connectivity index (χ4n) is 2.25. The number of nitrogens with one attached hydrogen (secondary N) is 1. The van der Waals surface area contributed by atoms with Gasteiger partial charge in [0.15, 0.2) is 0 Å². The first-order chi connectivity index (χ1) is 11.1. The van der Waals surface area contributed by atoms with Crippen molar-refractivity contribution in [3.8, 4) is 0 Å². The number of halogens is 1. The lowest BCUT2D eigenvalue weighted by Crippen LogP contribution is -2.22. The molecule has 0 spiro atoms. The number of rotatable bonds is 3. The summed E-state index contributed by atoms with van der Waals surface area (Å²) in [4.78, 5) is 19.4. The Morgan fingerprint density at radius 2 is 2.00 bits per heavy atom. The number of carbonyl (C=O) groups excluding carboxylic acids is 1.